The number of hydrogen-bond acceptors (Lipinski definition) is 4. The molecule has 0 radical (unpaired) electrons. The Morgan fingerprint density at radius 2 is 2.19 bits per heavy atom. The van der Waals surface area contributed by atoms with Crippen molar-refractivity contribution in [2.45, 2.75) is 38.8 Å². The zero-order chi connectivity index (χ0) is 12.1. The number of methoxy groups -OCH3 is 1. The highest BCUT2D eigenvalue weighted by molar-refractivity contribution is 5.27. The van der Waals surface area contributed by atoms with Crippen LogP contribution < -0.4 is 4.74 Å². The largest absolute Gasteiger partial charge is 0.493 e. The average Bonchev–Trinajstić information content (AvgIpc) is 2.69. The number of nitrogens with zero attached hydrogens (tertiary/aromatic N) is 2. The van der Waals surface area contributed by atoms with Crippen molar-refractivity contribution in [2.24, 2.45) is 0 Å². The fourth-order valence-corrected chi connectivity index (χ4v) is 1.66. The molecular formula is C11H20N2O3. The highest BCUT2D eigenvalue weighted by Gasteiger charge is 2.20. The van der Waals surface area contributed by atoms with Crippen molar-refractivity contribution in [1.29, 1.82) is 0 Å². The number of aliphatic hydroxyl groups excluding tert-OH is 2. The summed E-state index contributed by atoms with van der Waals surface area (Å²) < 4.78 is 6.92. The lowest BCUT2D eigenvalue weighted by atomic mass is 10.1. The van der Waals surface area contributed by atoms with Gasteiger partial charge < -0.3 is 14.9 Å². The maximum atomic E-state index is 10.0. The Hall–Kier alpha value is -1.07. The zero-order valence-electron chi connectivity index (χ0n) is 10.1. The van der Waals surface area contributed by atoms with Crippen LogP contribution in [-0.2, 0) is 0 Å². The predicted molar refractivity (Wildman–Crippen MR) is 60.4 cm³/mol. The summed E-state index contributed by atoms with van der Waals surface area (Å²) in [6.07, 6.45) is 2.03. The molecule has 0 aliphatic heterocycles. The minimum absolute atomic E-state index is 0.0786. The smallest absolute Gasteiger partial charge is 0.162 e. The molecule has 0 spiro atoms. The molecule has 1 aromatic rings. The molecule has 1 aromatic heterocycles. The van der Waals surface area contributed by atoms with Gasteiger partial charge in [-0.25, -0.2) is 0 Å². The Morgan fingerprint density at radius 3 is 2.69 bits per heavy atom. The fourth-order valence-electron chi connectivity index (χ4n) is 1.66. The molecule has 1 unspecified atom stereocenters. The molecule has 0 aliphatic carbocycles. The second kappa shape index (κ2) is 5.86. The first-order valence-electron chi connectivity index (χ1n) is 5.52. The number of rotatable bonds is 6. The molecule has 0 aromatic carbocycles. The maximum absolute atomic E-state index is 10.0. The molecule has 0 saturated carbocycles. The van der Waals surface area contributed by atoms with Crippen LogP contribution in [0.25, 0.3) is 0 Å². The fraction of sp³-hybridized carbons (Fsp3) is 0.727. The van der Waals surface area contributed by atoms with E-state index in [1.54, 1.807) is 18.0 Å². The summed E-state index contributed by atoms with van der Waals surface area (Å²) in [5.41, 5.74) is 0.686. The Labute approximate surface area is 95.7 Å². The third-order valence-electron chi connectivity index (χ3n) is 2.46. The van der Waals surface area contributed by atoms with Crippen LogP contribution in [0.4, 0.5) is 0 Å². The predicted octanol–water partition coefficient (Wildman–Crippen LogP) is 1.28. The third kappa shape index (κ3) is 2.74. The topological polar surface area (TPSA) is 67.5 Å². The van der Waals surface area contributed by atoms with E-state index in [2.05, 4.69) is 5.10 Å². The van der Waals surface area contributed by atoms with Gasteiger partial charge in [0.2, 0.25) is 0 Å². The van der Waals surface area contributed by atoms with Gasteiger partial charge in [0.05, 0.1) is 19.4 Å². The zero-order valence-corrected chi connectivity index (χ0v) is 10.1. The van der Waals surface area contributed by atoms with Gasteiger partial charge in [0.1, 0.15) is 5.69 Å². The van der Waals surface area contributed by atoms with Crippen LogP contribution in [-0.4, -0.2) is 33.7 Å². The molecule has 5 nitrogen and oxygen atoms in total. The molecule has 1 heterocycles. The summed E-state index contributed by atoms with van der Waals surface area (Å²) >= 11 is 0. The van der Waals surface area contributed by atoms with Gasteiger partial charge in [-0.3, -0.25) is 4.68 Å². The van der Waals surface area contributed by atoms with Gasteiger partial charge in [0.15, 0.2) is 5.75 Å². The molecule has 1 atom stereocenters. The average molecular weight is 228 g/mol. The summed E-state index contributed by atoms with van der Waals surface area (Å²) in [6.45, 7) is 4.07. The van der Waals surface area contributed by atoms with Crippen molar-refractivity contribution in [3.8, 4) is 5.75 Å². The first kappa shape index (κ1) is 13.0. The lowest BCUT2D eigenvalue weighted by Crippen LogP contribution is -2.12. The van der Waals surface area contributed by atoms with Crippen LogP contribution in [0.1, 0.15) is 44.5 Å². The molecule has 16 heavy (non-hydrogen) atoms. The van der Waals surface area contributed by atoms with Gasteiger partial charge in [0, 0.05) is 12.6 Å². The number of ether oxygens (including phenoxy) is 1. The van der Waals surface area contributed by atoms with Crippen LogP contribution in [0.3, 0.4) is 0 Å². The van der Waals surface area contributed by atoms with E-state index < -0.39 is 6.10 Å². The molecule has 5 heteroatoms. The molecule has 1 rings (SSSR count). The van der Waals surface area contributed by atoms with Crippen LogP contribution in [0.2, 0.25) is 0 Å². The lowest BCUT2D eigenvalue weighted by molar-refractivity contribution is 0.137. The van der Waals surface area contributed by atoms with Crippen LogP contribution in [0.15, 0.2) is 6.20 Å². The van der Waals surface area contributed by atoms with Gasteiger partial charge in [0.25, 0.3) is 0 Å². The SMILES string of the molecule is COc1cnn(C(C)C)c1C(O)CCCO. The van der Waals surface area contributed by atoms with E-state index in [9.17, 15) is 5.11 Å². The van der Waals surface area contributed by atoms with Gasteiger partial charge in [-0.2, -0.15) is 5.10 Å². The van der Waals surface area contributed by atoms with Crippen molar-refractivity contribution >= 4 is 0 Å². The Balaban J connectivity index is 2.93. The van der Waals surface area contributed by atoms with E-state index in [-0.39, 0.29) is 12.6 Å². The molecule has 2 N–H and O–H groups in total. The number of aliphatic hydroxyl groups is 2. The molecule has 0 fully saturated rings. The Kier molecular flexibility index (Phi) is 4.76. The minimum Gasteiger partial charge on any atom is -0.493 e. The van der Waals surface area contributed by atoms with Crippen molar-refractivity contribution in [3.05, 3.63) is 11.9 Å². The van der Waals surface area contributed by atoms with Crippen molar-refractivity contribution in [1.82, 2.24) is 9.78 Å². The summed E-state index contributed by atoms with van der Waals surface area (Å²) in [7, 11) is 1.56. The van der Waals surface area contributed by atoms with E-state index in [0.29, 0.717) is 24.3 Å². The molecule has 0 aliphatic rings. The Morgan fingerprint density at radius 1 is 1.50 bits per heavy atom. The Bertz CT molecular complexity index is 323. The number of hydrogen-bond donors (Lipinski definition) is 2. The van der Waals surface area contributed by atoms with Crippen molar-refractivity contribution in [2.75, 3.05) is 13.7 Å². The quantitative estimate of drug-likeness (QED) is 0.769. The standard InChI is InChI=1S/C11H20N2O3/c1-8(2)13-11(9(15)5-4-6-14)10(16-3)7-12-13/h7-9,14-15H,4-6H2,1-3H3. The van der Waals surface area contributed by atoms with E-state index in [0.717, 1.165) is 0 Å². The third-order valence-corrected chi connectivity index (χ3v) is 2.46. The lowest BCUT2D eigenvalue weighted by Gasteiger charge is -2.16. The van der Waals surface area contributed by atoms with E-state index >= 15 is 0 Å². The molecule has 92 valence electrons. The minimum atomic E-state index is -0.646. The van der Waals surface area contributed by atoms with Crippen LogP contribution in [0, 0.1) is 0 Å². The molecule has 0 bridgehead atoms. The van der Waals surface area contributed by atoms with Crippen molar-refractivity contribution < 1.29 is 14.9 Å². The second-order valence-electron chi connectivity index (χ2n) is 4.02. The van der Waals surface area contributed by atoms with Gasteiger partial charge in [-0.05, 0) is 26.7 Å². The van der Waals surface area contributed by atoms with Gasteiger partial charge in [-0.15, -0.1) is 0 Å². The highest BCUT2D eigenvalue weighted by atomic mass is 16.5. The summed E-state index contributed by atoms with van der Waals surface area (Å²) in [5, 5.41) is 23.0. The number of aromatic nitrogens is 2. The van der Waals surface area contributed by atoms with Crippen LogP contribution >= 0.6 is 0 Å². The van der Waals surface area contributed by atoms with E-state index in [1.807, 2.05) is 13.8 Å². The second-order valence-corrected chi connectivity index (χ2v) is 4.02. The van der Waals surface area contributed by atoms with Gasteiger partial charge >= 0.3 is 0 Å². The van der Waals surface area contributed by atoms with Crippen molar-refractivity contribution in [3.63, 3.8) is 0 Å². The summed E-state index contributed by atoms with van der Waals surface area (Å²) in [5.74, 6) is 0.596. The highest BCUT2D eigenvalue weighted by Crippen LogP contribution is 2.29. The molecular weight excluding hydrogens is 208 g/mol. The van der Waals surface area contributed by atoms with Crippen LogP contribution in [0.5, 0.6) is 5.75 Å². The molecule has 0 amide bonds. The van der Waals surface area contributed by atoms with Gasteiger partial charge in [-0.1, -0.05) is 0 Å². The molecule has 0 saturated heterocycles. The monoisotopic (exact) mass is 228 g/mol. The first-order chi connectivity index (χ1) is 7.61. The summed E-state index contributed by atoms with van der Waals surface area (Å²) in [6, 6.07) is 0.169. The van der Waals surface area contributed by atoms with E-state index in [1.165, 1.54) is 0 Å². The van der Waals surface area contributed by atoms with E-state index in [4.69, 9.17) is 9.84 Å². The maximum Gasteiger partial charge on any atom is 0.162 e. The summed E-state index contributed by atoms with van der Waals surface area (Å²) in [4.78, 5) is 0. The normalized spacial score (nSPS) is 13.1. The first-order valence-corrected chi connectivity index (χ1v) is 5.52.